The van der Waals surface area contributed by atoms with Crippen molar-refractivity contribution in [3.63, 3.8) is 0 Å². The summed E-state index contributed by atoms with van der Waals surface area (Å²) in [6.45, 7) is 0. The summed E-state index contributed by atoms with van der Waals surface area (Å²) in [5, 5.41) is 15.2. The molecule has 0 bridgehead atoms. The molecule has 5 heteroatoms. The van der Waals surface area contributed by atoms with Gasteiger partial charge in [0, 0.05) is 50.1 Å². The number of para-hydroxylation sites is 2. The molecule has 0 N–H and O–H groups in total. The maximum absolute atomic E-state index is 10.7. The molecule has 0 aliphatic heterocycles. The molecule has 4 aromatic heterocycles. The Morgan fingerprint density at radius 3 is 1.87 bits per heavy atom. The Bertz CT molecular complexity index is 2950. The smallest absolute Gasteiger partial charge is 0.145 e. The minimum absolute atomic E-state index is 0.576. The maximum atomic E-state index is 10.7. The summed E-state index contributed by atoms with van der Waals surface area (Å²) in [7, 11) is 0. The van der Waals surface area contributed by atoms with Crippen LogP contribution in [0.5, 0.6) is 0 Å². The van der Waals surface area contributed by atoms with Crippen molar-refractivity contribution in [3.8, 4) is 51.1 Å². The predicted molar refractivity (Wildman–Crippen MR) is 212 cm³/mol. The van der Waals surface area contributed by atoms with E-state index >= 15 is 0 Å². The van der Waals surface area contributed by atoms with Crippen LogP contribution >= 0.6 is 0 Å². The Morgan fingerprint density at radius 2 is 1.15 bits per heavy atom. The zero-order valence-electron chi connectivity index (χ0n) is 28.0. The minimum atomic E-state index is 0.576. The first kappa shape index (κ1) is 29.6. The van der Waals surface area contributed by atoms with Crippen LogP contribution in [0.2, 0.25) is 0 Å². The SMILES string of the molecule is N#Cc1cccc(-n2c3ncccc3c3ccc4c(c5ccccc5n4-c4ccccc4)c32)c1-c1cc(-c2ccccc2)nc(-c2ccccc2)c1. The van der Waals surface area contributed by atoms with Crippen LogP contribution in [0.25, 0.3) is 88.8 Å². The summed E-state index contributed by atoms with van der Waals surface area (Å²) in [6.07, 6.45) is 1.85. The van der Waals surface area contributed by atoms with Crippen molar-refractivity contribution >= 4 is 43.7 Å². The van der Waals surface area contributed by atoms with Gasteiger partial charge in [0.05, 0.1) is 45.3 Å². The monoisotopic (exact) mass is 663 g/mol. The van der Waals surface area contributed by atoms with Crippen molar-refractivity contribution in [1.29, 1.82) is 5.26 Å². The first-order valence-corrected chi connectivity index (χ1v) is 17.3. The van der Waals surface area contributed by atoms with Crippen molar-refractivity contribution in [2.75, 3.05) is 0 Å². The highest BCUT2D eigenvalue weighted by Gasteiger charge is 2.24. The topological polar surface area (TPSA) is 59.4 Å². The van der Waals surface area contributed by atoms with Gasteiger partial charge in [-0.25, -0.2) is 9.97 Å². The van der Waals surface area contributed by atoms with Gasteiger partial charge in [-0.1, -0.05) is 109 Å². The Balaban J connectivity index is 1.35. The zero-order chi connectivity index (χ0) is 34.6. The van der Waals surface area contributed by atoms with Crippen LogP contribution in [0.15, 0.2) is 176 Å². The molecular weight excluding hydrogens is 635 g/mol. The Hall–Kier alpha value is -7.29. The van der Waals surface area contributed by atoms with Crippen molar-refractivity contribution in [3.05, 3.63) is 182 Å². The molecule has 242 valence electrons. The molecule has 52 heavy (non-hydrogen) atoms. The number of nitriles is 1. The fourth-order valence-electron chi connectivity index (χ4n) is 7.78. The third-order valence-electron chi connectivity index (χ3n) is 9.99. The van der Waals surface area contributed by atoms with Crippen LogP contribution in [0, 0.1) is 11.3 Å². The molecule has 0 spiro atoms. The number of hydrogen-bond acceptors (Lipinski definition) is 3. The highest BCUT2D eigenvalue weighted by atomic mass is 15.1. The first-order chi connectivity index (χ1) is 25.8. The molecule has 0 fully saturated rings. The van der Waals surface area contributed by atoms with Crippen molar-refractivity contribution in [2.24, 2.45) is 0 Å². The molecule has 0 saturated carbocycles. The molecule has 0 atom stereocenters. The van der Waals surface area contributed by atoms with E-state index in [1.165, 1.54) is 0 Å². The van der Waals surface area contributed by atoms with E-state index in [-0.39, 0.29) is 0 Å². The fraction of sp³-hybridized carbons (Fsp3) is 0. The van der Waals surface area contributed by atoms with E-state index in [0.717, 1.165) is 88.8 Å². The average Bonchev–Trinajstić information content (AvgIpc) is 3.74. The Kier molecular flexibility index (Phi) is 6.80. The van der Waals surface area contributed by atoms with E-state index in [0.29, 0.717) is 5.56 Å². The summed E-state index contributed by atoms with van der Waals surface area (Å²) in [5.41, 5.74) is 12.1. The lowest BCUT2D eigenvalue weighted by atomic mass is 9.95. The van der Waals surface area contributed by atoms with Crippen LogP contribution in [0.1, 0.15) is 5.56 Å². The molecule has 0 aliphatic rings. The van der Waals surface area contributed by atoms with Gasteiger partial charge in [0.2, 0.25) is 0 Å². The fourth-order valence-corrected chi connectivity index (χ4v) is 7.78. The third kappa shape index (κ3) is 4.56. The van der Waals surface area contributed by atoms with Crippen LogP contribution in [0.4, 0.5) is 0 Å². The quantitative estimate of drug-likeness (QED) is 0.184. The number of nitrogens with zero attached hydrogens (tertiary/aromatic N) is 5. The van der Waals surface area contributed by atoms with Gasteiger partial charge in [-0.05, 0) is 66.2 Å². The molecule has 5 nitrogen and oxygen atoms in total. The summed E-state index contributed by atoms with van der Waals surface area (Å²) in [5.74, 6) is 0. The average molecular weight is 664 g/mol. The molecule has 0 unspecified atom stereocenters. The van der Waals surface area contributed by atoms with Gasteiger partial charge in [0.25, 0.3) is 0 Å². The Morgan fingerprint density at radius 1 is 0.500 bits per heavy atom. The van der Waals surface area contributed by atoms with Gasteiger partial charge < -0.3 is 4.57 Å². The lowest BCUT2D eigenvalue weighted by Gasteiger charge is -2.17. The van der Waals surface area contributed by atoms with Gasteiger partial charge >= 0.3 is 0 Å². The van der Waals surface area contributed by atoms with Crippen molar-refractivity contribution in [2.45, 2.75) is 0 Å². The second-order valence-electron chi connectivity index (χ2n) is 12.9. The minimum Gasteiger partial charge on any atom is -0.309 e. The molecule has 0 radical (unpaired) electrons. The summed E-state index contributed by atoms with van der Waals surface area (Å²) < 4.78 is 4.61. The highest BCUT2D eigenvalue weighted by molar-refractivity contribution is 6.26. The number of pyridine rings is 2. The normalized spacial score (nSPS) is 11.4. The van der Waals surface area contributed by atoms with Gasteiger partial charge in [-0.3, -0.25) is 4.57 Å². The standard InChI is InChI=1S/C47H29N5/c48-30-33-18-12-24-42(44(33)34-28-39(31-14-4-1-5-15-31)50-40(29-34)32-16-6-2-7-17-32)52-46-36(37-22-13-27-49-47(37)52)25-26-43-45(46)38-21-10-11-23-41(38)51(43)35-19-8-3-9-20-35/h1-29H. The second-order valence-corrected chi connectivity index (χ2v) is 12.9. The van der Waals surface area contributed by atoms with Crippen LogP contribution in [-0.4, -0.2) is 19.1 Å². The molecule has 0 amide bonds. The molecule has 10 aromatic rings. The zero-order valence-corrected chi connectivity index (χ0v) is 28.0. The number of rotatable bonds is 5. The molecule has 4 heterocycles. The lowest BCUT2D eigenvalue weighted by molar-refractivity contribution is 1.14. The van der Waals surface area contributed by atoms with E-state index in [2.05, 4.69) is 124 Å². The van der Waals surface area contributed by atoms with E-state index < -0.39 is 0 Å². The molecule has 0 saturated heterocycles. The first-order valence-electron chi connectivity index (χ1n) is 17.3. The maximum Gasteiger partial charge on any atom is 0.145 e. The molecular formula is C47H29N5. The predicted octanol–water partition coefficient (Wildman–Crippen LogP) is 11.5. The number of aromatic nitrogens is 4. The second kappa shape index (κ2) is 11.9. The number of hydrogen-bond donors (Lipinski definition) is 0. The van der Waals surface area contributed by atoms with Crippen LogP contribution in [0.3, 0.4) is 0 Å². The molecule has 10 rings (SSSR count). The van der Waals surface area contributed by atoms with E-state index in [9.17, 15) is 5.26 Å². The Labute approximate surface area is 299 Å². The molecule has 0 aliphatic carbocycles. The lowest BCUT2D eigenvalue weighted by Crippen LogP contribution is -2.02. The summed E-state index contributed by atoms with van der Waals surface area (Å²) >= 11 is 0. The van der Waals surface area contributed by atoms with E-state index in [4.69, 9.17) is 9.97 Å². The summed E-state index contributed by atoms with van der Waals surface area (Å²) in [6, 6.07) is 60.9. The van der Waals surface area contributed by atoms with Crippen LogP contribution < -0.4 is 0 Å². The van der Waals surface area contributed by atoms with Crippen molar-refractivity contribution in [1.82, 2.24) is 19.1 Å². The number of fused-ring (bicyclic) bond motifs is 7. The van der Waals surface area contributed by atoms with Gasteiger partial charge in [-0.15, -0.1) is 0 Å². The summed E-state index contributed by atoms with van der Waals surface area (Å²) in [4.78, 5) is 10.2. The van der Waals surface area contributed by atoms with Crippen LogP contribution in [-0.2, 0) is 0 Å². The highest BCUT2D eigenvalue weighted by Crippen LogP contribution is 2.44. The largest absolute Gasteiger partial charge is 0.309 e. The van der Waals surface area contributed by atoms with Crippen molar-refractivity contribution < 1.29 is 0 Å². The van der Waals surface area contributed by atoms with Gasteiger partial charge in [-0.2, -0.15) is 5.26 Å². The van der Waals surface area contributed by atoms with Gasteiger partial charge in [0.15, 0.2) is 0 Å². The van der Waals surface area contributed by atoms with E-state index in [1.807, 2.05) is 66.9 Å². The van der Waals surface area contributed by atoms with Gasteiger partial charge in [0.1, 0.15) is 5.65 Å². The van der Waals surface area contributed by atoms with E-state index in [1.54, 1.807) is 0 Å². The third-order valence-corrected chi connectivity index (χ3v) is 9.99. The number of benzene rings is 6. The molecule has 6 aromatic carbocycles.